The number of hydrogen-bond acceptors (Lipinski definition) is 6. The summed E-state index contributed by atoms with van der Waals surface area (Å²) in [6.45, 7) is 6.00. The van der Waals surface area contributed by atoms with Gasteiger partial charge in [0.2, 0.25) is 5.88 Å². The highest BCUT2D eigenvalue weighted by Crippen LogP contribution is 2.36. The van der Waals surface area contributed by atoms with E-state index >= 15 is 0 Å². The number of nitriles is 1. The summed E-state index contributed by atoms with van der Waals surface area (Å²) in [5.74, 6) is 0.972. The number of fused-ring (bicyclic) bond motifs is 2. The number of ether oxygens (including phenoxy) is 1. The lowest BCUT2D eigenvalue weighted by molar-refractivity contribution is 0.109. The van der Waals surface area contributed by atoms with E-state index in [1.165, 1.54) is 0 Å². The zero-order chi connectivity index (χ0) is 21.7. The molecule has 0 saturated carbocycles. The number of rotatable bonds is 3. The third-order valence-corrected chi connectivity index (χ3v) is 6.20. The minimum atomic E-state index is 0.134. The van der Waals surface area contributed by atoms with Gasteiger partial charge in [0.15, 0.2) is 5.65 Å². The lowest BCUT2D eigenvalue weighted by Gasteiger charge is -2.29. The van der Waals surface area contributed by atoms with Crippen molar-refractivity contribution in [2.24, 2.45) is 0 Å². The number of aromatic nitrogens is 4. The number of aryl methyl sites for hydroxylation is 2. The molecule has 0 radical (unpaired) electrons. The van der Waals surface area contributed by atoms with Gasteiger partial charge in [-0.1, -0.05) is 6.07 Å². The molecule has 8 heteroatoms. The fourth-order valence-electron chi connectivity index (χ4n) is 4.44. The molecule has 3 aromatic heterocycles. The molecule has 4 heterocycles. The third-order valence-electron chi connectivity index (χ3n) is 6.20. The predicted octanol–water partition coefficient (Wildman–Crippen LogP) is 3.45. The normalized spacial score (nSPS) is 15.5. The van der Waals surface area contributed by atoms with Gasteiger partial charge < -0.3 is 15.4 Å². The number of hydrogen-bond donors (Lipinski definition) is 2. The number of piperidine rings is 1. The lowest BCUT2D eigenvalue weighted by Crippen LogP contribution is -2.35. The summed E-state index contributed by atoms with van der Waals surface area (Å²) in [7, 11) is 2.13. The summed E-state index contributed by atoms with van der Waals surface area (Å²) in [6.07, 6.45) is 3.85. The fourth-order valence-corrected chi connectivity index (χ4v) is 4.44. The van der Waals surface area contributed by atoms with Crippen LogP contribution in [0.2, 0.25) is 0 Å². The number of H-pyrrole nitrogens is 1. The van der Waals surface area contributed by atoms with E-state index in [1.807, 2.05) is 36.6 Å². The molecular formula is C23H25N7O. The van der Waals surface area contributed by atoms with Gasteiger partial charge in [-0.05, 0) is 51.4 Å². The number of nitrogens with one attached hydrogen (secondary N) is 1. The van der Waals surface area contributed by atoms with Gasteiger partial charge in [0, 0.05) is 29.4 Å². The Morgan fingerprint density at radius 1 is 1.19 bits per heavy atom. The van der Waals surface area contributed by atoms with E-state index in [0.717, 1.165) is 59.0 Å². The third kappa shape index (κ3) is 3.09. The minimum absolute atomic E-state index is 0.134. The molecule has 158 valence electrons. The first-order chi connectivity index (χ1) is 15.0. The second kappa shape index (κ2) is 7.29. The Kier molecular flexibility index (Phi) is 4.56. The maximum absolute atomic E-state index is 9.84. The molecule has 3 N–H and O–H groups in total. The van der Waals surface area contributed by atoms with Gasteiger partial charge in [-0.3, -0.25) is 9.67 Å². The van der Waals surface area contributed by atoms with Crippen molar-refractivity contribution in [2.75, 3.05) is 25.9 Å². The number of nitrogens with two attached hydrogens (primary N) is 1. The SMILES string of the molecule is Cc1cc2c(C#N)c(N)n(-c3c(C)ccc4[nH]ncc34)c2nc1OC1CCN(C)CC1. The van der Waals surface area contributed by atoms with E-state index in [4.69, 9.17) is 15.5 Å². The van der Waals surface area contributed by atoms with Gasteiger partial charge in [-0.25, -0.2) is 0 Å². The number of pyridine rings is 1. The number of aromatic amines is 1. The van der Waals surface area contributed by atoms with E-state index in [-0.39, 0.29) is 6.10 Å². The number of nitrogens with zero attached hydrogens (tertiary/aromatic N) is 5. The first-order valence-corrected chi connectivity index (χ1v) is 10.5. The topological polar surface area (TPSA) is 109 Å². The Morgan fingerprint density at radius 3 is 2.71 bits per heavy atom. The van der Waals surface area contributed by atoms with Crippen LogP contribution < -0.4 is 10.5 Å². The van der Waals surface area contributed by atoms with Crippen molar-refractivity contribution in [3.63, 3.8) is 0 Å². The van der Waals surface area contributed by atoms with Crippen LogP contribution in [0.15, 0.2) is 24.4 Å². The quantitative estimate of drug-likeness (QED) is 0.530. The molecule has 1 aliphatic heterocycles. The van der Waals surface area contributed by atoms with Gasteiger partial charge >= 0.3 is 0 Å². The van der Waals surface area contributed by atoms with Crippen molar-refractivity contribution in [1.82, 2.24) is 24.6 Å². The Bertz CT molecular complexity index is 1340. The van der Waals surface area contributed by atoms with Gasteiger partial charge in [-0.15, -0.1) is 0 Å². The Labute approximate surface area is 180 Å². The molecule has 1 saturated heterocycles. The van der Waals surface area contributed by atoms with Crippen molar-refractivity contribution in [2.45, 2.75) is 32.8 Å². The monoisotopic (exact) mass is 415 g/mol. The predicted molar refractivity (Wildman–Crippen MR) is 120 cm³/mol. The zero-order valence-electron chi connectivity index (χ0n) is 17.9. The maximum atomic E-state index is 9.84. The number of benzene rings is 1. The van der Waals surface area contributed by atoms with E-state index < -0.39 is 0 Å². The van der Waals surface area contributed by atoms with Gasteiger partial charge in [0.1, 0.15) is 23.6 Å². The lowest BCUT2D eigenvalue weighted by atomic mass is 10.1. The molecule has 8 nitrogen and oxygen atoms in total. The molecule has 1 aliphatic rings. The molecule has 0 atom stereocenters. The van der Waals surface area contributed by atoms with Crippen LogP contribution >= 0.6 is 0 Å². The van der Waals surface area contributed by atoms with Crippen molar-refractivity contribution >= 4 is 27.8 Å². The second-order valence-electron chi connectivity index (χ2n) is 8.37. The molecule has 5 rings (SSSR count). The maximum Gasteiger partial charge on any atom is 0.218 e. The Hall–Kier alpha value is -3.57. The zero-order valence-corrected chi connectivity index (χ0v) is 17.9. The van der Waals surface area contributed by atoms with E-state index in [1.54, 1.807) is 6.20 Å². The van der Waals surface area contributed by atoms with Crippen LogP contribution in [0, 0.1) is 25.2 Å². The summed E-state index contributed by atoms with van der Waals surface area (Å²) in [5.41, 5.74) is 11.2. The molecule has 0 aliphatic carbocycles. The summed E-state index contributed by atoms with van der Waals surface area (Å²) in [6, 6.07) is 8.23. The van der Waals surface area contributed by atoms with E-state index in [0.29, 0.717) is 22.9 Å². The summed E-state index contributed by atoms with van der Waals surface area (Å²) in [4.78, 5) is 7.20. The van der Waals surface area contributed by atoms with Crippen molar-refractivity contribution in [1.29, 1.82) is 5.26 Å². The average Bonchev–Trinajstić information content (AvgIpc) is 3.32. The van der Waals surface area contributed by atoms with E-state index in [2.05, 4.69) is 28.2 Å². The Morgan fingerprint density at radius 2 is 1.97 bits per heavy atom. The number of anilines is 1. The van der Waals surface area contributed by atoms with Crippen molar-refractivity contribution in [3.05, 3.63) is 41.1 Å². The fraction of sp³-hybridized carbons (Fsp3) is 0.348. The summed E-state index contributed by atoms with van der Waals surface area (Å²) >= 11 is 0. The largest absolute Gasteiger partial charge is 0.474 e. The molecule has 1 aromatic carbocycles. The van der Waals surface area contributed by atoms with Gasteiger partial charge in [0.05, 0.1) is 17.4 Å². The average molecular weight is 416 g/mol. The van der Waals surface area contributed by atoms with Crippen LogP contribution in [0.5, 0.6) is 5.88 Å². The molecule has 0 amide bonds. The molecule has 31 heavy (non-hydrogen) atoms. The van der Waals surface area contributed by atoms with Gasteiger partial charge in [-0.2, -0.15) is 15.3 Å². The summed E-state index contributed by atoms with van der Waals surface area (Å²) < 4.78 is 8.19. The second-order valence-corrected chi connectivity index (χ2v) is 8.37. The standard InChI is InChI=1S/C23H25N7O/c1-13-4-5-19-18(12-26-28-19)20(13)30-21(25)17(11-24)16-10-14(2)23(27-22(16)30)31-15-6-8-29(3)9-7-15/h4-5,10,12,15H,6-9,25H2,1-3H3,(H,26,28). The smallest absolute Gasteiger partial charge is 0.218 e. The Balaban J connectivity index is 1.71. The van der Waals surface area contributed by atoms with Gasteiger partial charge in [0.25, 0.3) is 0 Å². The van der Waals surface area contributed by atoms with E-state index in [9.17, 15) is 5.26 Å². The molecule has 4 aromatic rings. The highest BCUT2D eigenvalue weighted by atomic mass is 16.5. The molecule has 0 unspecified atom stereocenters. The highest BCUT2D eigenvalue weighted by molar-refractivity contribution is 5.97. The van der Waals surface area contributed by atoms with Crippen LogP contribution in [0.25, 0.3) is 27.6 Å². The molecule has 1 fully saturated rings. The molecule has 0 spiro atoms. The van der Waals surface area contributed by atoms with Crippen molar-refractivity contribution < 1.29 is 4.74 Å². The van der Waals surface area contributed by atoms with Crippen molar-refractivity contribution in [3.8, 4) is 17.6 Å². The molecular weight excluding hydrogens is 390 g/mol. The molecule has 0 bridgehead atoms. The minimum Gasteiger partial charge on any atom is -0.474 e. The van der Waals surface area contributed by atoms with Crippen LogP contribution in [0.3, 0.4) is 0 Å². The van der Waals surface area contributed by atoms with Crippen LogP contribution in [0.1, 0.15) is 29.5 Å². The van der Waals surface area contributed by atoms with Crippen LogP contribution in [-0.2, 0) is 0 Å². The highest BCUT2D eigenvalue weighted by Gasteiger charge is 2.24. The summed E-state index contributed by atoms with van der Waals surface area (Å²) in [5, 5.41) is 18.7. The van der Waals surface area contributed by atoms with Crippen LogP contribution in [0.4, 0.5) is 5.82 Å². The number of likely N-dealkylation sites (tertiary alicyclic amines) is 1. The number of nitrogen functional groups attached to an aromatic ring is 1. The first-order valence-electron chi connectivity index (χ1n) is 10.5. The van der Waals surface area contributed by atoms with Crippen LogP contribution in [-0.4, -0.2) is 50.9 Å². The first kappa shape index (κ1) is 19.4.